The summed E-state index contributed by atoms with van der Waals surface area (Å²) in [6.45, 7) is 4.98. The zero-order valence-electron chi connectivity index (χ0n) is 16.9. The quantitative estimate of drug-likeness (QED) is 0.530. The van der Waals surface area contributed by atoms with E-state index in [1.807, 2.05) is 23.9 Å². The van der Waals surface area contributed by atoms with Crippen molar-refractivity contribution in [1.82, 2.24) is 10.2 Å². The molecular weight excluding hydrogens is 360 g/mol. The zero-order chi connectivity index (χ0) is 19.3. The van der Waals surface area contributed by atoms with Gasteiger partial charge in [0.05, 0.1) is 7.11 Å². The first-order chi connectivity index (χ1) is 13.2. The van der Waals surface area contributed by atoms with Crippen molar-refractivity contribution in [2.24, 2.45) is 0 Å². The summed E-state index contributed by atoms with van der Waals surface area (Å²) in [7, 11) is 1.66. The second-order valence-corrected chi connectivity index (χ2v) is 8.17. The third-order valence-corrected chi connectivity index (χ3v) is 5.55. The molecular formula is C21H36N2O3S. The van der Waals surface area contributed by atoms with E-state index in [4.69, 9.17) is 9.47 Å². The van der Waals surface area contributed by atoms with Gasteiger partial charge in [0.15, 0.2) is 11.5 Å². The molecule has 0 amide bonds. The fraction of sp³-hybridized carbons (Fsp3) is 0.714. The number of aliphatic hydroxyl groups excluding tert-OH is 1. The van der Waals surface area contributed by atoms with Gasteiger partial charge in [-0.2, -0.15) is 11.8 Å². The largest absolute Gasteiger partial charge is 0.493 e. The number of rotatable bonds is 12. The Labute approximate surface area is 168 Å². The first-order valence-electron chi connectivity index (χ1n) is 10.1. The van der Waals surface area contributed by atoms with E-state index in [0.29, 0.717) is 18.9 Å². The van der Waals surface area contributed by atoms with Crippen LogP contribution in [0.3, 0.4) is 0 Å². The van der Waals surface area contributed by atoms with E-state index in [2.05, 4.69) is 22.5 Å². The normalized spacial score (nSPS) is 16.7. The van der Waals surface area contributed by atoms with Gasteiger partial charge in [-0.15, -0.1) is 0 Å². The highest BCUT2D eigenvalue weighted by Crippen LogP contribution is 2.28. The summed E-state index contributed by atoms with van der Waals surface area (Å²) >= 11 is 1.88. The Morgan fingerprint density at radius 2 is 1.96 bits per heavy atom. The summed E-state index contributed by atoms with van der Waals surface area (Å²) < 4.78 is 11.3. The highest BCUT2D eigenvalue weighted by Gasteiger charge is 2.15. The molecule has 1 unspecified atom stereocenters. The number of likely N-dealkylation sites (tertiary alicyclic amines) is 1. The Hall–Kier alpha value is -0.950. The van der Waals surface area contributed by atoms with Crippen molar-refractivity contribution in [3.8, 4) is 11.5 Å². The van der Waals surface area contributed by atoms with Gasteiger partial charge in [0.25, 0.3) is 0 Å². The molecule has 0 bridgehead atoms. The molecule has 0 aromatic heterocycles. The third kappa shape index (κ3) is 8.73. The lowest BCUT2D eigenvalue weighted by atomic mass is 10.2. The van der Waals surface area contributed by atoms with Crippen LogP contribution in [-0.4, -0.2) is 68.0 Å². The molecule has 1 aromatic carbocycles. The van der Waals surface area contributed by atoms with Crippen LogP contribution in [0.5, 0.6) is 11.5 Å². The van der Waals surface area contributed by atoms with E-state index in [9.17, 15) is 5.11 Å². The highest BCUT2D eigenvalue weighted by atomic mass is 32.2. The van der Waals surface area contributed by atoms with Crippen LogP contribution in [0.25, 0.3) is 0 Å². The van der Waals surface area contributed by atoms with Gasteiger partial charge in [0, 0.05) is 13.1 Å². The van der Waals surface area contributed by atoms with Gasteiger partial charge in [-0.05, 0) is 68.6 Å². The van der Waals surface area contributed by atoms with Gasteiger partial charge >= 0.3 is 0 Å². The predicted molar refractivity (Wildman–Crippen MR) is 114 cm³/mol. The van der Waals surface area contributed by atoms with Crippen LogP contribution in [0.15, 0.2) is 18.2 Å². The Morgan fingerprint density at radius 1 is 1.19 bits per heavy atom. The maximum absolute atomic E-state index is 10.3. The van der Waals surface area contributed by atoms with Crippen molar-refractivity contribution in [1.29, 1.82) is 0 Å². The summed E-state index contributed by atoms with van der Waals surface area (Å²) in [5, 5.41) is 13.8. The number of aliphatic hydroxyl groups is 1. The molecule has 1 atom stereocenters. The lowest BCUT2D eigenvalue weighted by molar-refractivity contribution is 0.0683. The molecule has 27 heavy (non-hydrogen) atoms. The van der Waals surface area contributed by atoms with E-state index in [0.717, 1.165) is 31.9 Å². The standard InChI is InChI=1S/C21H36N2O3S/c1-25-21-14-18(15-22-10-7-13-27-2)8-9-20(21)26-17-19(24)16-23-11-5-3-4-6-12-23/h8-9,14,19,22,24H,3-7,10-13,15-17H2,1-2H3. The number of β-amino-alcohol motifs (C(OH)–C–C–N with tert-alkyl or cyclic N) is 1. The van der Waals surface area contributed by atoms with Gasteiger partial charge in [-0.3, -0.25) is 0 Å². The third-order valence-electron chi connectivity index (χ3n) is 4.86. The Kier molecular flexibility index (Phi) is 11.0. The lowest BCUT2D eigenvalue weighted by Gasteiger charge is -2.23. The molecule has 0 saturated carbocycles. The number of nitrogens with zero attached hydrogens (tertiary/aromatic N) is 1. The fourth-order valence-electron chi connectivity index (χ4n) is 3.37. The minimum atomic E-state index is -0.481. The molecule has 2 N–H and O–H groups in total. The van der Waals surface area contributed by atoms with E-state index < -0.39 is 6.10 Å². The Bertz CT molecular complexity index is 522. The molecule has 1 aliphatic rings. The Balaban J connectivity index is 1.77. The molecule has 0 aliphatic carbocycles. The van der Waals surface area contributed by atoms with Crippen LogP contribution in [0, 0.1) is 0 Å². The van der Waals surface area contributed by atoms with Gasteiger partial charge < -0.3 is 24.8 Å². The molecule has 154 valence electrons. The van der Waals surface area contributed by atoms with Crippen LogP contribution in [0.2, 0.25) is 0 Å². The molecule has 2 rings (SSSR count). The number of thioether (sulfide) groups is 1. The van der Waals surface area contributed by atoms with Crippen LogP contribution in [0.1, 0.15) is 37.7 Å². The van der Waals surface area contributed by atoms with Crippen LogP contribution < -0.4 is 14.8 Å². The van der Waals surface area contributed by atoms with Crippen molar-refractivity contribution < 1.29 is 14.6 Å². The van der Waals surface area contributed by atoms with Crippen molar-refractivity contribution in [2.45, 2.75) is 44.8 Å². The van der Waals surface area contributed by atoms with Crippen LogP contribution in [0.4, 0.5) is 0 Å². The summed E-state index contributed by atoms with van der Waals surface area (Å²) in [4.78, 5) is 2.35. The SMILES string of the molecule is COc1cc(CNCCCSC)ccc1OCC(O)CN1CCCCCC1. The highest BCUT2D eigenvalue weighted by molar-refractivity contribution is 7.98. The van der Waals surface area contributed by atoms with Gasteiger partial charge in [0.1, 0.15) is 12.7 Å². The maximum Gasteiger partial charge on any atom is 0.161 e. The topological polar surface area (TPSA) is 54.0 Å². The van der Waals surface area contributed by atoms with E-state index >= 15 is 0 Å². The molecule has 1 aliphatic heterocycles. The van der Waals surface area contributed by atoms with E-state index in [1.165, 1.54) is 43.4 Å². The number of hydrogen-bond donors (Lipinski definition) is 2. The molecule has 1 fully saturated rings. The minimum absolute atomic E-state index is 0.291. The minimum Gasteiger partial charge on any atom is -0.493 e. The average Bonchev–Trinajstić information content (AvgIpc) is 2.95. The second-order valence-electron chi connectivity index (χ2n) is 7.19. The average molecular weight is 397 g/mol. The number of methoxy groups -OCH3 is 1. The van der Waals surface area contributed by atoms with Crippen LogP contribution in [-0.2, 0) is 6.54 Å². The summed E-state index contributed by atoms with van der Waals surface area (Å²) in [6.07, 6.45) is 7.90. The Morgan fingerprint density at radius 3 is 2.67 bits per heavy atom. The van der Waals surface area contributed by atoms with Gasteiger partial charge in [-0.1, -0.05) is 18.9 Å². The number of nitrogens with one attached hydrogen (secondary N) is 1. The van der Waals surface area contributed by atoms with Gasteiger partial charge in [-0.25, -0.2) is 0 Å². The smallest absolute Gasteiger partial charge is 0.161 e. The molecule has 1 aromatic rings. The van der Waals surface area contributed by atoms with E-state index in [1.54, 1.807) is 7.11 Å². The lowest BCUT2D eigenvalue weighted by Crippen LogP contribution is -2.36. The number of ether oxygens (including phenoxy) is 2. The molecule has 5 nitrogen and oxygen atoms in total. The van der Waals surface area contributed by atoms with Crippen molar-refractivity contribution in [3.05, 3.63) is 23.8 Å². The monoisotopic (exact) mass is 396 g/mol. The summed E-state index contributed by atoms with van der Waals surface area (Å²) in [5.41, 5.74) is 1.17. The molecule has 6 heteroatoms. The van der Waals surface area contributed by atoms with Crippen molar-refractivity contribution >= 4 is 11.8 Å². The van der Waals surface area contributed by atoms with Crippen molar-refractivity contribution in [2.75, 3.05) is 51.9 Å². The number of benzene rings is 1. The fourth-order valence-corrected chi connectivity index (χ4v) is 3.80. The predicted octanol–water partition coefficient (Wildman–Crippen LogP) is 3.15. The molecule has 0 spiro atoms. The van der Waals surface area contributed by atoms with Gasteiger partial charge in [0.2, 0.25) is 0 Å². The van der Waals surface area contributed by atoms with E-state index in [-0.39, 0.29) is 0 Å². The molecule has 0 radical (unpaired) electrons. The first-order valence-corrected chi connectivity index (χ1v) is 11.5. The maximum atomic E-state index is 10.3. The zero-order valence-corrected chi connectivity index (χ0v) is 17.7. The number of hydrogen-bond acceptors (Lipinski definition) is 6. The summed E-state index contributed by atoms with van der Waals surface area (Å²) in [6, 6.07) is 6.01. The van der Waals surface area contributed by atoms with Crippen LogP contribution >= 0.6 is 11.8 Å². The van der Waals surface area contributed by atoms with Crippen molar-refractivity contribution in [3.63, 3.8) is 0 Å². The summed E-state index contributed by atoms with van der Waals surface area (Å²) in [5.74, 6) is 2.60. The first kappa shape index (κ1) is 22.3. The molecule has 1 heterocycles. The molecule has 1 saturated heterocycles. The second kappa shape index (κ2) is 13.3.